The van der Waals surface area contributed by atoms with Gasteiger partial charge in [0.2, 0.25) is 0 Å². The molecule has 1 N–H and O–H groups in total. The van der Waals surface area contributed by atoms with Gasteiger partial charge in [-0.15, -0.1) is 0 Å². The van der Waals surface area contributed by atoms with E-state index in [4.69, 9.17) is 4.74 Å². The molecule has 1 aromatic heterocycles. The molecule has 90 valence electrons. The molecule has 4 nitrogen and oxygen atoms in total. The molecule has 2 rings (SSSR count). The van der Waals surface area contributed by atoms with Crippen LogP contribution < -0.4 is 10.1 Å². The minimum atomic E-state index is 0.308. The Bertz CT molecular complexity index is 365. The Morgan fingerprint density at radius 1 is 1.44 bits per heavy atom. The van der Waals surface area contributed by atoms with E-state index in [1.165, 1.54) is 0 Å². The Labute approximate surface area is 97.0 Å². The standard InChI is InChI=1S/C12H21N3O/c1-8(2)15-10(4)12(9(3)14-15)16-11-5-6-13-7-11/h8,11,13H,5-7H2,1-4H3. The zero-order valence-corrected chi connectivity index (χ0v) is 10.6. The van der Waals surface area contributed by atoms with Gasteiger partial charge in [0.15, 0.2) is 5.75 Å². The van der Waals surface area contributed by atoms with Gasteiger partial charge in [-0.05, 0) is 40.7 Å². The molecule has 1 aromatic rings. The molecule has 0 amide bonds. The molecule has 1 aliphatic rings. The van der Waals surface area contributed by atoms with Crippen LogP contribution in [0.5, 0.6) is 5.75 Å². The lowest BCUT2D eigenvalue weighted by Crippen LogP contribution is -2.20. The van der Waals surface area contributed by atoms with E-state index in [0.29, 0.717) is 12.1 Å². The maximum atomic E-state index is 6.02. The number of rotatable bonds is 3. The Hall–Kier alpha value is -1.03. The van der Waals surface area contributed by atoms with E-state index in [0.717, 1.165) is 36.6 Å². The first-order chi connectivity index (χ1) is 7.59. The molecule has 1 saturated heterocycles. The number of ether oxygens (including phenoxy) is 1. The molecule has 0 aromatic carbocycles. The van der Waals surface area contributed by atoms with E-state index in [1.807, 2.05) is 11.6 Å². The van der Waals surface area contributed by atoms with Crippen LogP contribution in [0.1, 0.15) is 37.7 Å². The Morgan fingerprint density at radius 2 is 2.19 bits per heavy atom. The number of hydrogen-bond donors (Lipinski definition) is 1. The van der Waals surface area contributed by atoms with Gasteiger partial charge in [0.25, 0.3) is 0 Å². The lowest BCUT2D eigenvalue weighted by molar-refractivity contribution is 0.219. The average molecular weight is 223 g/mol. The van der Waals surface area contributed by atoms with Crippen LogP contribution >= 0.6 is 0 Å². The first-order valence-corrected chi connectivity index (χ1v) is 6.02. The molecule has 0 radical (unpaired) electrons. The van der Waals surface area contributed by atoms with Gasteiger partial charge in [-0.1, -0.05) is 0 Å². The van der Waals surface area contributed by atoms with E-state index in [1.54, 1.807) is 0 Å². The van der Waals surface area contributed by atoms with Crippen molar-refractivity contribution in [1.29, 1.82) is 0 Å². The van der Waals surface area contributed by atoms with Crippen LogP contribution in [0.3, 0.4) is 0 Å². The molecule has 0 saturated carbocycles. The van der Waals surface area contributed by atoms with Gasteiger partial charge in [0, 0.05) is 12.6 Å². The minimum absolute atomic E-state index is 0.308. The van der Waals surface area contributed by atoms with Crippen molar-refractivity contribution in [3.8, 4) is 5.75 Å². The predicted molar refractivity (Wildman–Crippen MR) is 64.0 cm³/mol. The van der Waals surface area contributed by atoms with Crippen molar-refractivity contribution >= 4 is 0 Å². The van der Waals surface area contributed by atoms with Gasteiger partial charge < -0.3 is 10.1 Å². The molecule has 16 heavy (non-hydrogen) atoms. The van der Waals surface area contributed by atoms with Crippen LogP contribution in [0.2, 0.25) is 0 Å². The summed E-state index contributed by atoms with van der Waals surface area (Å²) in [6.45, 7) is 10.4. The summed E-state index contributed by atoms with van der Waals surface area (Å²) < 4.78 is 8.06. The second-order valence-corrected chi connectivity index (χ2v) is 4.77. The summed E-state index contributed by atoms with van der Waals surface area (Å²) in [6, 6.07) is 0.387. The highest BCUT2D eigenvalue weighted by Crippen LogP contribution is 2.26. The molecule has 0 spiro atoms. The van der Waals surface area contributed by atoms with E-state index in [2.05, 4.69) is 31.2 Å². The maximum Gasteiger partial charge on any atom is 0.163 e. The molecule has 1 fully saturated rings. The summed E-state index contributed by atoms with van der Waals surface area (Å²) in [5.41, 5.74) is 2.14. The van der Waals surface area contributed by atoms with E-state index in [9.17, 15) is 0 Å². The largest absolute Gasteiger partial charge is 0.485 e. The third-order valence-electron chi connectivity index (χ3n) is 3.05. The Kier molecular flexibility index (Phi) is 3.19. The van der Waals surface area contributed by atoms with E-state index < -0.39 is 0 Å². The second-order valence-electron chi connectivity index (χ2n) is 4.77. The zero-order chi connectivity index (χ0) is 11.7. The highest BCUT2D eigenvalue weighted by atomic mass is 16.5. The van der Waals surface area contributed by atoms with Gasteiger partial charge in [0.1, 0.15) is 11.8 Å². The number of aromatic nitrogens is 2. The number of aryl methyl sites for hydroxylation is 1. The summed E-state index contributed by atoms with van der Waals surface area (Å²) in [5, 5.41) is 7.83. The van der Waals surface area contributed by atoms with Crippen LogP contribution in [-0.2, 0) is 0 Å². The first-order valence-electron chi connectivity index (χ1n) is 6.02. The summed E-state index contributed by atoms with van der Waals surface area (Å²) in [4.78, 5) is 0. The van der Waals surface area contributed by atoms with Crippen molar-refractivity contribution in [2.24, 2.45) is 0 Å². The lowest BCUT2D eigenvalue weighted by Gasteiger charge is -2.13. The third kappa shape index (κ3) is 2.07. The van der Waals surface area contributed by atoms with E-state index in [-0.39, 0.29) is 0 Å². The molecule has 1 aliphatic heterocycles. The van der Waals surface area contributed by atoms with E-state index >= 15 is 0 Å². The average Bonchev–Trinajstić information content (AvgIpc) is 2.81. The van der Waals surface area contributed by atoms with Crippen molar-refractivity contribution in [1.82, 2.24) is 15.1 Å². The molecule has 2 heterocycles. The fraction of sp³-hybridized carbons (Fsp3) is 0.750. The maximum absolute atomic E-state index is 6.02. The Morgan fingerprint density at radius 3 is 2.69 bits per heavy atom. The monoisotopic (exact) mass is 223 g/mol. The van der Waals surface area contributed by atoms with Gasteiger partial charge in [-0.25, -0.2) is 0 Å². The predicted octanol–water partition coefficient (Wildman–Crippen LogP) is 1.82. The summed E-state index contributed by atoms with van der Waals surface area (Å²) >= 11 is 0. The summed E-state index contributed by atoms with van der Waals surface area (Å²) in [6.07, 6.45) is 1.40. The van der Waals surface area contributed by atoms with Crippen LogP contribution in [-0.4, -0.2) is 29.0 Å². The zero-order valence-electron chi connectivity index (χ0n) is 10.6. The minimum Gasteiger partial charge on any atom is -0.485 e. The summed E-state index contributed by atoms with van der Waals surface area (Å²) in [5.74, 6) is 0.974. The van der Waals surface area contributed by atoms with Gasteiger partial charge in [-0.2, -0.15) is 5.10 Å². The molecule has 1 unspecified atom stereocenters. The molecule has 0 aliphatic carbocycles. The molecule has 0 bridgehead atoms. The SMILES string of the molecule is Cc1nn(C(C)C)c(C)c1OC1CCNC1. The van der Waals surface area contributed by atoms with Crippen LogP contribution in [0.4, 0.5) is 0 Å². The van der Waals surface area contributed by atoms with Crippen molar-refractivity contribution < 1.29 is 4.74 Å². The van der Waals surface area contributed by atoms with Crippen molar-refractivity contribution in [2.75, 3.05) is 13.1 Å². The van der Waals surface area contributed by atoms with Crippen LogP contribution in [0.25, 0.3) is 0 Å². The second kappa shape index (κ2) is 4.45. The third-order valence-corrected chi connectivity index (χ3v) is 3.05. The number of nitrogens with one attached hydrogen (secondary N) is 1. The van der Waals surface area contributed by atoms with Crippen molar-refractivity contribution in [3.63, 3.8) is 0 Å². The van der Waals surface area contributed by atoms with Crippen molar-refractivity contribution in [2.45, 2.75) is 46.3 Å². The van der Waals surface area contributed by atoms with Gasteiger partial charge in [-0.3, -0.25) is 4.68 Å². The normalized spacial score (nSPS) is 20.7. The molecular formula is C12H21N3O. The van der Waals surface area contributed by atoms with Crippen LogP contribution in [0.15, 0.2) is 0 Å². The fourth-order valence-electron chi connectivity index (χ4n) is 2.22. The van der Waals surface area contributed by atoms with Gasteiger partial charge >= 0.3 is 0 Å². The quantitative estimate of drug-likeness (QED) is 0.849. The number of hydrogen-bond acceptors (Lipinski definition) is 3. The smallest absolute Gasteiger partial charge is 0.163 e. The molecular weight excluding hydrogens is 202 g/mol. The topological polar surface area (TPSA) is 39.1 Å². The van der Waals surface area contributed by atoms with Gasteiger partial charge in [0.05, 0.1) is 5.69 Å². The highest BCUT2D eigenvalue weighted by Gasteiger charge is 2.21. The van der Waals surface area contributed by atoms with Crippen molar-refractivity contribution in [3.05, 3.63) is 11.4 Å². The summed E-state index contributed by atoms with van der Waals surface area (Å²) in [7, 11) is 0. The molecule has 4 heteroatoms. The first kappa shape index (κ1) is 11.5. The molecule has 1 atom stereocenters. The highest BCUT2D eigenvalue weighted by molar-refractivity contribution is 5.32. The fourth-order valence-corrected chi connectivity index (χ4v) is 2.22. The Balaban J connectivity index is 2.19. The van der Waals surface area contributed by atoms with Crippen LogP contribution in [0, 0.1) is 13.8 Å². The lowest BCUT2D eigenvalue weighted by atomic mass is 10.3. The number of nitrogens with zero attached hydrogens (tertiary/aromatic N) is 2.